The Labute approximate surface area is 232 Å². The average Bonchev–Trinajstić information content (AvgIpc) is 2.83. The zero-order valence-corrected chi connectivity index (χ0v) is 24.2. The van der Waals surface area contributed by atoms with Gasteiger partial charge in [0.15, 0.2) is 11.6 Å². The maximum Gasteiger partial charge on any atom is 0.180 e. The fourth-order valence-electron chi connectivity index (χ4n) is 3.64. The molecule has 2 aromatic heterocycles. The second kappa shape index (κ2) is 14.0. The van der Waals surface area contributed by atoms with Crippen LogP contribution in [0.15, 0.2) is 85.2 Å². The van der Waals surface area contributed by atoms with Crippen molar-refractivity contribution in [2.75, 3.05) is 0 Å². The molecule has 2 heterocycles. The van der Waals surface area contributed by atoms with Gasteiger partial charge in [-0.2, -0.15) is 0 Å². The van der Waals surface area contributed by atoms with E-state index in [-0.39, 0.29) is 33.4 Å². The summed E-state index contributed by atoms with van der Waals surface area (Å²) in [6, 6.07) is 23.0. The number of alkyl halides is 1. The molecule has 1 unspecified atom stereocenters. The van der Waals surface area contributed by atoms with Crippen molar-refractivity contribution in [3.63, 3.8) is 0 Å². The predicted octanol–water partition coefficient (Wildman–Crippen LogP) is 7.72. The van der Waals surface area contributed by atoms with Gasteiger partial charge >= 0.3 is 0 Å². The number of rotatable bonds is 6. The maximum atomic E-state index is 12.3. The van der Waals surface area contributed by atoms with Gasteiger partial charge in [-0.3, -0.25) is 19.6 Å². The molecule has 1 atom stereocenters. The normalized spacial score (nSPS) is 10.9. The number of nitrogens with zero attached hydrogens (tertiary/aromatic N) is 2. The van der Waals surface area contributed by atoms with Gasteiger partial charge in [-0.05, 0) is 75.2 Å². The third-order valence-corrected chi connectivity index (χ3v) is 6.36. The number of aromatic nitrogens is 2. The van der Waals surface area contributed by atoms with Crippen molar-refractivity contribution in [3.05, 3.63) is 130 Å². The Hall–Kier alpha value is -2.96. The van der Waals surface area contributed by atoms with Crippen LogP contribution in [0.3, 0.4) is 0 Å². The van der Waals surface area contributed by atoms with Crippen molar-refractivity contribution in [3.8, 4) is 0 Å². The summed E-state index contributed by atoms with van der Waals surface area (Å²) in [5, 5.41) is 0. The molecule has 6 heteroatoms. The minimum atomic E-state index is -0.319. The number of hydrogen-bond acceptors (Lipinski definition) is 4. The van der Waals surface area contributed by atoms with Crippen LogP contribution in [0.25, 0.3) is 0 Å². The zero-order valence-electron chi connectivity index (χ0n) is 20.9. The van der Waals surface area contributed by atoms with E-state index in [1.165, 1.54) is 0 Å². The second-order valence-electron chi connectivity index (χ2n) is 8.60. The Morgan fingerprint density at radius 1 is 0.750 bits per heavy atom. The first-order valence-electron chi connectivity index (χ1n) is 11.4. The standard InChI is InChI=1S/C15H14BrNO.C15H15NO.BrH/c1-10-4-3-5-13(8-10)15(18)14(16)12-6-7-17-11(2)9-12;1-11-4-3-5-14(8-11)15(17)10-13-6-7-16-12(2)9-13;/h3-9,14H,1-2H3;3-9H,10H2,1-2H3;1H. The first kappa shape index (κ1) is 29.3. The summed E-state index contributed by atoms with van der Waals surface area (Å²) in [5.41, 5.74) is 7.52. The molecule has 0 spiro atoms. The van der Waals surface area contributed by atoms with Crippen LogP contribution >= 0.6 is 32.9 Å². The topological polar surface area (TPSA) is 59.9 Å². The molecule has 2 aromatic carbocycles. The van der Waals surface area contributed by atoms with Gasteiger partial charge in [0.05, 0.1) is 0 Å². The molecule has 0 saturated heterocycles. The minimum Gasteiger partial charge on any atom is -0.294 e. The fourth-order valence-corrected chi connectivity index (χ4v) is 4.19. The Balaban J connectivity index is 0.000000247. The van der Waals surface area contributed by atoms with Crippen molar-refractivity contribution in [1.29, 1.82) is 0 Å². The molecule has 4 rings (SSSR count). The number of ketones is 2. The molecule has 0 amide bonds. The van der Waals surface area contributed by atoms with E-state index in [4.69, 9.17) is 0 Å². The van der Waals surface area contributed by atoms with Gasteiger partial charge in [0.1, 0.15) is 4.83 Å². The number of benzene rings is 2. The molecular formula is C30H30Br2N2O2. The minimum absolute atomic E-state index is 0. The van der Waals surface area contributed by atoms with Crippen LogP contribution < -0.4 is 0 Å². The molecule has 4 aromatic rings. The number of Topliss-reactive ketones (excluding diaryl/α,β-unsaturated/α-hetero) is 2. The number of carbonyl (C=O) groups is 2. The van der Waals surface area contributed by atoms with Gasteiger partial charge in [-0.15, -0.1) is 17.0 Å². The van der Waals surface area contributed by atoms with Crippen molar-refractivity contribution < 1.29 is 9.59 Å². The van der Waals surface area contributed by atoms with Crippen LogP contribution in [0.2, 0.25) is 0 Å². The molecule has 0 aliphatic carbocycles. The van der Waals surface area contributed by atoms with Crippen LogP contribution in [-0.4, -0.2) is 21.5 Å². The number of carbonyl (C=O) groups excluding carboxylic acids is 2. The summed E-state index contributed by atoms with van der Waals surface area (Å²) < 4.78 is 0. The van der Waals surface area contributed by atoms with Gasteiger partial charge in [-0.1, -0.05) is 63.5 Å². The van der Waals surface area contributed by atoms with Crippen LogP contribution in [0.5, 0.6) is 0 Å². The quantitative estimate of drug-likeness (QED) is 0.166. The zero-order chi connectivity index (χ0) is 25.4. The lowest BCUT2D eigenvalue weighted by atomic mass is 10.0. The highest BCUT2D eigenvalue weighted by Crippen LogP contribution is 2.27. The van der Waals surface area contributed by atoms with Crippen LogP contribution in [0.4, 0.5) is 0 Å². The van der Waals surface area contributed by atoms with Crippen molar-refractivity contribution in [1.82, 2.24) is 9.97 Å². The van der Waals surface area contributed by atoms with E-state index in [0.29, 0.717) is 6.42 Å². The monoisotopic (exact) mass is 608 g/mol. The Bertz CT molecular complexity index is 1340. The summed E-state index contributed by atoms with van der Waals surface area (Å²) in [6.45, 7) is 7.82. The molecular weight excluding hydrogens is 580 g/mol. The lowest BCUT2D eigenvalue weighted by Crippen LogP contribution is -2.07. The predicted molar refractivity (Wildman–Crippen MR) is 155 cm³/mol. The number of hydrogen-bond donors (Lipinski definition) is 0. The average molecular weight is 610 g/mol. The van der Waals surface area contributed by atoms with Gasteiger partial charge in [0.25, 0.3) is 0 Å². The van der Waals surface area contributed by atoms with E-state index in [9.17, 15) is 9.59 Å². The molecule has 0 N–H and O–H groups in total. The smallest absolute Gasteiger partial charge is 0.180 e. The van der Waals surface area contributed by atoms with E-state index < -0.39 is 0 Å². The van der Waals surface area contributed by atoms with Crippen molar-refractivity contribution >= 4 is 44.5 Å². The summed E-state index contributed by atoms with van der Waals surface area (Å²) in [5.74, 6) is 0.226. The summed E-state index contributed by atoms with van der Waals surface area (Å²) in [6.07, 6.45) is 3.91. The molecule has 0 radical (unpaired) electrons. The second-order valence-corrected chi connectivity index (χ2v) is 9.52. The van der Waals surface area contributed by atoms with Crippen molar-refractivity contribution in [2.45, 2.75) is 38.9 Å². The first-order valence-corrected chi connectivity index (χ1v) is 12.3. The molecule has 4 nitrogen and oxygen atoms in total. The van der Waals surface area contributed by atoms with E-state index in [1.807, 2.05) is 100 Å². The molecule has 0 aliphatic heterocycles. The SMILES string of the molecule is Br.Cc1cccc(C(=O)C(Br)c2ccnc(C)c2)c1.Cc1cccc(C(=O)Cc2ccnc(C)c2)c1. The molecule has 36 heavy (non-hydrogen) atoms. The highest BCUT2D eigenvalue weighted by molar-refractivity contribution is 9.09. The largest absolute Gasteiger partial charge is 0.294 e. The van der Waals surface area contributed by atoms with E-state index in [0.717, 1.165) is 44.8 Å². The molecule has 0 bridgehead atoms. The molecule has 186 valence electrons. The van der Waals surface area contributed by atoms with Crippen molar-refractivity contribution in [2.24, 2.45) is 0 Å². The molecule has 0 fully saturated rings. The van der Waals surface area contributed by atoms with Gasteiger partial charge in [0, 0.05) is 41.3 Å². The summed E-state index contributed by atoms with van der Waals surface area (Å²) in [4.78, 5) is 32.3. The van der Waals surface area contributed by atoms with Gasteiger partial charge in [0.2, 0.25) is 0 Å². The highest BCUT2D eigenvalue weighted by atomic mass is 79.9. The number of aryl methyl sites for hydroxylation is 4. The highest BCUT2D eigenvalue weighted by Gasteiger charge is 2.19. The third kappa shape index (κ3) is 8.61. The number of pyridine rings is 2. The summed E-state index contributed by atoms with van der Waals surface area (Å²) in [7, 11) is 0. The third-order valence-electron chi connectivity index (χ3n) is 5.41. The Morgan fingerprint density at radius 3 is 1.89 bits per heavy atom. The number of halogens is 2. The first-order chi connectivity index (χ1) is 16.7. The van der Waals surface area contributed by atoms with E-state index in [1.54, 1.807) is 12.4 Å². The van der Waals surface area contributed by atoms with Gasteiger partial charge < -0.3 is 0 Å². The Morgan fingerprint density at radius 2 is 1.31 bits per heavy atom. The molecule has 0 saturated carbocycles. The van der Waals surface area contributed by atoms with Crippen LogP contribution in [0, 0.1) is 27.7 Å². The fraction of sp³-hybridized carbons (Fsp3) is 0.200. The lowest BCUT2D eigenvalue weighted by molar-refractivity contribution is 0.0984. The van der Waals surface area contributed by atoms with Gasteiger partial charge in [-0.25, -0.2) is 0 Å². The summed E-state index contributed by atoms with van der Waals surface area (Å²) >= 11 is 3.47. The van der Waals surface area contributed by atoms with Crippen LogP contribution in [-0.2, 0) is 6.42 Å². The van der Waals surface area contributed by atoms with E-state index in [2.05, 4.69) is 25.9 Å². The van der Waals surface area contributed by atoms with Crippen LogP contribution in [0.1, 0.15) is 59.2 Å². The molecule has 0 aliphatic rings. The lowest BCUT2D eigenvalue weighted by Gasteiger charge is -2.10. The van der Waals surface area contributed by atoms with E-state index >= 15 is 0 Å². The maximum absolute atomic E-state index is 12.3. The Kier molecular flexibility index (Phi) is 11.3.